The largest absolute Gasteiger partial charge is 0.379 e. The van der Waals surface area contributed by atoms with Crippen molar-refractivity contribution in [2.75, 3.05) is 33.4 Å². The van der Waals surface area contributed by atoms with Gasteiger partial charge in [0, 0.05) is 32.3 Å². The lowest BCUT2D eigenvalue weighted by Gasteiger charge is -2.36. The first-order valence-corrected chi connectivity index (χ1v) is 7.64. The van der Waals surface area contributed by atoms with E-state index in [-0.39, 0.29) is 5.60 Å². The molecule has 2 rings (SSSR count). The van der Waals surface area contributed by atoms with Gasteiger partial charge in [0.05, 0.1) is 18.3 Å². The summed E-state index contributed by atoms with van der Waals surface area (Å²) < 4.78 is 11.4. The van der Waals surface area contributed by atoms with Crippen molar-refractivity contribution in [3.63, 3.8) is 0 Å². The van der Waals surface area contributed by atoms with E-state index in [1.165, 1.54) is 19.4 Å². The Morgan fingerprint density at radius 2 is 2.26 bits per heavy atom. The first kappa shape index (κ1) is 15.2. The second kappa shape index (κ2) is 6.53. The van der Waals surface area contributed by atoms with Crippen LogP contribution in [-0.4, -0.2) is 62.0 Å². The second-order valence-electron chi connectivity index (χ2n) is 6.72. The molecule has 4 nitrogen and oxygen atoms in total. The van der Waals surface area contributed by atoms with Crippen LogP contribution in [0.1, 0.15) is 40.0 Å². The second-order valence-corrected chi connectivity index (χ2v) is 6.72. The van der Waals surface area contributed by atoms with Crippen LogP contribution in [0.2, 0.25) is 0 Å². The molecule has 0 aromatic carbocycles. The fourth-order valence-electron chi connectivity index (χ4n) is 3.23. The van der Waals surface area contributed by atoms with E-state index < -0.39 is 0 Å². The van der Waals surface area contributed by atoms with Crippen molar-refractivity contribution < 1.29 is 9.47 Å². The van der Waals surface area contributed by atoms with E-state index in [2.05, 4.69) is 31.0 Å². The van der Waals surface area contributed by atoms with Crippen LogP contribution in [0.5, 0.6) is 0 Å². The van der Waals surface area contributed by atoms with Crippen LogP contribution >= 0.6 is 0 Å². The predicted octanol–water partition coefficient (Wildman–Crippen LogP) is 1.64. The van der Waals surface area contributed by atoms with Crippen LogP contribution in [0.25, 0.3) is 0 Å². The minimum atomic E-state index is -0.0557. The highest BCUT2D eigenvalue weighted by atomic mass is 16.5. The number of nitrogens with zero attached hydrogens (tertiary/aromatic N) is 1. The first-order chi connectivity index (χ1) is 9.00. The number of ether oxygens (including phenoxy) is 2. The average Bonchev–Trinajstić information content (AvgIpc) is 2.83. The number of nitrogens with one attached hydrogen (secondary N) is 1. The molecule has 0 aliphatic carbocycles. The molecule has 2 heterocycles. The standard InChI is InChI=1S/C15H30N2O2/c1-12(8-15(2,3)18-4)16-9-14-10-17-7-5-6-13(17)11-19-14/h12-14,16H,5-11H2,1-4H3. The highest BCUT2D eigenvalue weighted by Crippen LogP contribution is 2.22. The summed E-state index contributed by atoms with van der Waals surface area (Å²) >= 11 is 0. The summed E-state index contributed by atoms with van der Waals surface area (Å²) in [7, 11) is 1.78. The topological polar surface area (TPSA) is 33.7 Å². The van der Waals surface area contributed by atoms with Crippen molar-refractivity contribution in [2.24, 2.45) is 0 Å². The van der Waals surface area contributed by atoms with Gasteiger partial charge in [-0.1, -0.05) is 0 Å². The zero-order valence-electron chi connectivity index (χ0n) is 12.9. The Hall–Kier alpha value is -0.160. The molecule has 0 spiro atoms. The third-order valence-corrected chi connectivity index (χ3v) is 4.51. The van der Waals surface area contributed by atoms with Crippen LogP contribution in [0.15, 0.2) is 0 Å². The molecule has 3 atom stereocenters. The molecule has 0 saturated carbocycles. The summed E-state index contributed by atoms with van der Waals surface area (Å²) in [4.78, 5) is 2.60. The third kappa shape index (κ3) is 4.42. The van der Waals surface area contributed by atoms with E-state index in [0.717, 1.165) is 26.1 Å². The van der Waals surface area contributed by atoms with E-state index in [4.69, 9.17) is 9.47 Å². The van der Waals surface area contributed by atoms with E-state index in [9.17, 15) is 0 Å². The third-order valence-electron chi connectivity index (χ3n) is 4.51. The lowest BCUT2D eigenvalue weighted by atomic mass is 10.00. The quantitative estimate of drug-likeness (QED) is 0.795. The number of morpholine rings is 1. The Labute approximate surface area is 117 Å². The van der Waals surface area contributed by atoms with Gasteiger partial charge in [0.1, 0.15) is 0 Å². The summed E-state index contributed by atoms with van der Waals surface area (Å²) in [6.07, 6.45) is 4.02. The highest BCUT2D eigenvalue weighted by molar-refractivity contribution is 4.86. The maximum absolute atomic E-state index is 5.96. The molecule has 0 amide bonds. The number of hydrogen-bond donors (Lipinski definition) is 1. The Balaban J connectivity index is 1.68. The van der Waals surface area contributed by atoms with Crippen LogP contribution < -0.4 is 5.32 Å². The molecule has 2 aliphatic heterocycles. The van der Waals surface area contributed by atoms with Crippen molar-refractivity contribution in [1.29, 1.82) is 0 Å². The predicted molar refractivity (Wildman–Crippen MR) is 77.5 cm³/mol. The molecule has 0 aromatic rings. The lowest BCUT2D eigenvalue weighted by molar-refractivity contribution is -0.0493. The number of hydrogen-bond acceptors (Lipinski definition) is 4. The fourth-order valence-corrected chi connectivity index (χ4v) is 3.23. The Morgan fingerprint density at radius 3 is 3.00 bits per heavy atom. The van der Waals surface area contributed by atoms with Gasteiger partial charge in [-0.15, -0.1) is 0 Å². The molecule has 4 heteroatoms. The van der Waals surface area contributed by atoms with Gasteiger partial charge in [-0.25, -0.2) is 0 Å². The summed E-state index contributed by atoms with van der Waals surface area (Å²) in [5.41, 5.74) is -0.0557. The molecule has 0 radical (unpaired) electrons. The van der Waals surface area contributed by atoms with Crippen molar-refractivity contribution in [3.8, 4) is 0 Å². The molecule has 19 heavy (non-hydrogen) atoms. The molecule has 2 saturated heterocycles. The maximum atomic E-state index is 5.96. The molecular formula is C15H30N2O2. The molecule has 0 aromatic heterocycles. The van der Waals surface area contributed by atoms with Crippen molar-refractivity contribution in [2.45, 2.75) is 63.8 Å². The zero-order valence-corrected chi connectivity index (χ0v) is 12.9. The van der Waals surface area contributed by atoms with Gasteiger partial charge in [-0.05, 0) is 46.6 Å². The van der Waals surface area contributed by atoms with E-state index in [1.54, 1.807) is 7.11 Å². The van der Waals surface area contributed by atoms with Crippen LogP contribution in [0.3, 0.4) is 0 Å². The van der Waals surface area contributed by atoms with Crippen LogP contribution in [0.4, 0.5) is 0 Å². The first-order valence-electron chi connectivity index (χ1n) is 7.64. The summed E-state index contributed by atoms with van der Waals surface area (Å²) in [6.45, 7) is 10.7. The average molecular weight is 270 g/mol. The molecule has 3 unspecified atom stereocenters. The van der Waals surface area contributed by atoms with Crippen LogP contribution in [0, 0.1) is 0 Å². The van der Waals surface area contributed by atoms with Crippen molar-refractivity contribution >= 4 is 0 Å². The minimum absolute atomic E-state index is 0.0557. The Bertz CT molecular complexity index is 283. The van der Waals surface area contributed by atoms with Gasteiger partial charge < -0.3 is 14.8 Å². The number of rotatable bonds is 6. The SMILES string of the molecule is COC(C)(C)CC(C)NCC1CN2CCCC2CO1. The molecule has 2 fully saturated rings. The monoisotopic (exact) mass is 270 g/mol. The highest BCUT2D eigenvalue weighted by Gasteiger charge is 2.32. The number of fused-ring (bicyclic) bond motifs is 1. The van der Waals surface area contributed by atoms with E-state index in [1.807, 2.05) is 0 Å². The normalized spacial score (nSPS) is 30.3. The molecule has 2 aliphatic rings. The van der Waals surface area contributed by atoms with E-state index in [0.29, 0.717) is 18.2 Å². The fraction of sp³-hybridized carbons (Fsp3) is 1.00. The smallest absolute Gasteiger partial charge is 0.0827 e. The van der Waals surface area contributed by atoms with Crippen LogP contribution in [-0.2, 0) is 9.47 Å². The molecule has 0 bridgehead atoms. The van der Waals surface area contributed by atoms with Crippen molar-refractivity contribution in [3.05, 3.63) is 0 Å². The van der Waals surface area contributed by atoms with Gasteiger partial charge in [0.15, 0.2) is 0 Å². The minimum Gasteiger partial charge on any atom is -0.379 e. The van der Waals surface area contributed by atoms with Gasteiger partial charge in [0.25, 0.3) is 0 Å². The summed E-state index contributed by atoms with van der Waals surface area (Å²) in [5.74, 6) is 0. The van der Waals surface area contributed by atoms with Gasteiger partial charge in [-0.3, -0.25) is 4.90 Å². The van der Waals surface area contributed by atoms with Gasteiger partial charge >= 0.3 is 0 Å². The lowest BCUT2D eigenvalue weighted by Crippen LogP contribution is -2.50. The summed E-state index contributed by atoms with van der Waals surface area (Å²) in [5, 5.41) is 3.59. The molecule has 112 valence electrons. The van der Waals surface area contributed by atoms with Gasteiger partial charge in [-0.2, -0.15) is 0 Å². The maximum Gasteiger partial charge on any atom is 0.0827 e. The molecule has 1 N–H and O–H groups in total. The van der Waals surface area contributed by atoms with Crippen molar-refractivity contribution in [1.82, 2.24) is 10.2 Å². The molecular weight excluding hydrogens is 240 g/mol. The summed E-state index contributed by atoms with van der Waals surface area (Å²) in [6, 6.07) is 1.15. The number of methoxy groups -OCH3 is 1. The Kier molecular flexibility index (Phi) is 5.23. The Morgan fingerprint density at radius 1 is 1.47 bits per heavy atom. The van der Waals surface area contributed by atoms with Gasteiger partial charge in [0.2, 0.25) is 0 Å². The zero-order chi connectivity index (χ0) is 13.9. The van der Waals surface area contributed by atoms with E-state index >= 15 is 0 Å².